The number of hydrogen-bond acceptors (Lipinski definition) is 6. The summed E-state index contributed by atoms with van der Waals surface area (Å²) in [5, 5.41) is 3.40. The van der Waals surface area contributed by atoms with Crippen molar-refractivity contribution < 1.29 is 18.6 Å². The smallest absolute Gasteiger partial charge is 0.350 e. The molecular formula is C19H30NO4PS. The zero-order chi connectivity index (χ0) is 19.7. The first kappa shape index (κ1) is 22.8. The predicted octanol–water partition coefficient (Wildman–Crippen LogP) is 5.07. The fraction of sp³-hybridized carbons (Fsp3) is 0.632. The highest BCUT2D eigenvalue weighted by Crippen LogP contribution is 2.51. The molecule has 2 rings (SSSR count). The summed E-state index contributed by atoms with van der Waals surface area (Å²) in [5.74, 6) is 6.12. The molecule has 0 saturated carbocycles. The Morgan fingerprint density at radius 3 is 2.42 bits per heavy atom. The van der Waals surface area contributed by atoms with Crippen LogP contribution in [0, 0.1) is 17.8 Å². The lowest BCUT2D eigenvalue weighted by molar-refractivity contribution is 0.0607. The van der Waals surface area contributed by atoms with E-state index in [0.29, 0.717) is 17.2 Å². The second-order valence-corrected chi connectivity index (χ2v) is 10.1. The van der Waals surface area contributed by atoms with E-state index in [1.54, 1.807) is 0 Å². The van der Waals surface area contributed by atoms with Gasteiger partial charge < -0.3 is 14.6 Å². The van der Waals surface area contributed by atoms with E-state index < -0.39 is 7.37 Å². The van der Waals surface area contributed by atoms with Crippen LogP contribution in [0.15, 0.2) is 6.07 Å². The molecule has 0 unspecified atom stereocenters. The lowest BCUT2D eigenvalue weighted by Crippen LogP contribution is -2.27. The van der Waals surface area contributed by atoms with Crippen molar-refractivity contribution in [3.8, 4) is 11.8 Å². The van der Waals surface area contributed by atoms with Crippen LogP contribution in [-0.4, -0.2) is 38.6 Å². The van der Waals surface area contributed by atoms with Gasteiger partial charge in [0.2, 0.25) is 7.37 Å². The number of carbonyl (C=O) groups excluding carboxylic acids is 1. The molecule has 0 bridgehead atoms. The summed E-state index contributed by atoms with van der Waals surface area (Å²) in [7, 11) is 0.451. The molecule has 0 spiro atoms. The van der Waals surface area contributed by atoms with E-state index in [9.17, 15) is 9.36 Å². The first-order chi connectivity index (χ1) is 12.4. The molecule has 26 heavy (non-hydrogen) atoms. The largest absolute Gasteiger partial charge is 0.465 e. The lowest BCUT2D eigenvalue weighted by Gasteiger charge is -2.28. The topological polar surface area (TPSA) is 64.6 Å². The van der Waals surface area contributed by atoms with E-state index >= 15 is 0 Å². The number of hydrogen-bond donors (Lipinski definition) is 1. The summed E-state index contributed by atoms with van der Waals surface area (Å²) in [6.07, 6.45) is 2.65. The Bertz CT molecular complexity index is 690. The van der Waals surface area contributed by atoms with Crippen LogP contribution in [0.2, 0.25) is 0 Å². The molecule has 0 atom stereocenters. The van der Waals surface area contributed by atoms with Gasteiger partial charge in [-0.3, -0.25) is 4.57 Å². The normalized spacial score (nSPS) is 21.9. The number of nitrogens with one attached hydrogen (secondary N) is 1. The van der Waals surface area contributed by atoms with Crippen molar-refractivity contribution in [2.45, 2.75) is 46.6 Å². The first-order valence-corrected chi connectivity index (χ1v) is 11.8. The van der Waals surface area contributed by atoms with Crippen LogP contribution in [0.25, 0.3) is 0 Å². The van der Waals surface area contributed by atoms with Crippen molar-refractivity contribution in [1.29, 1.82) is 0 Å². The highest BCUT2D eigenvalue weighted by Gasteiger charge is 2.30. The number of methoxy groups -OCH3 is 1. The zero-order valence-corrected chi connectivity index (χ0v) is 18.3. The fourth-order valence-corrected chi connectivity index (χ4v) is 5.43. The summed E-state index contributed by atoms with van der Waals surface area (Å²) < 4.78 is 22.3. The van der Waals surface area contributed by atoms with Crippen LogP contribution in [-0.2, 0) is 13.8 Å². The van der Waals surface area contributed by atoms with Crippen LogP contribution in [0.4, 0.5) is 5.69 Å². The second-order valence-electron chi connectivity index (χ2n) is 6.13. The van der Waals surface area contributed by atoms with E-state index in [-0.39, 0.29) is 17.9 Å². The molecule has 1 aliphatic rings. The maximum atomic E-state index is 12.2. The van der Waals surface area contributed by atoms with Gasteiger partial charge in [-0.2, -0.15) is 0 Å². The van der Waals surface area contributed by atoms with Gasteiger partial charge in [-0.1, -0.05) is 39.5 Å². The average molecular weight is 399 g/mol. The molecule has 0 aliphatic carbocycles. The Balaban J connectivity index is 0.00000163. The Hall–Kier alpha value is -1.28. The number of anilines is 1. The number of ether oxygens (including phenoxy) is 1. The lowest BCUT2D eigenvalue weighted by atomic mass is 10.1. The van der Waals surface area contributed by atoms with E-state index in [4.69, 9.17) is 9.26 Å². The number of thiophene rings is 1. The standard InChI is InChI=1S/C17H24NO4PS.C2H6/c1-12(2)5-6-14-11-15(16(24-14)17(19)21-3)18-13-7-9-23(20,22-4)10-8-13;1-2/h11-13,18H,7-10H2,1-4H3;1-2H3. The van der Waals surface area contributed by atoms with E-state index in [0.717, 1.165) is 23.4 Å². The number of esters is 1. The summed E-state index contributed by atoms with van der Waals surface area (Å²) >= 11 is 1.34. The molecule has 0 radical (unpaired) electrons. The van der Waals surface area contributed by atoms with Crippen molar-refractivity contribution in [3.63, 3.8) is 0 Å². The van der Waals surface area contributed by atoms with Crippen LogP contribution in [0.1, 0.15) is 55.1 Å². The van der Waals surface area contributed by atoms with E-state index in [2.05, 4.69) is 17.2 Å². The van der Waals surface area contributed by atoms with E-state index in [1.807, 2.05) is 33.8 Å². The van der Waals surface area contributed by atoms with Crippen LogP contribution in [0.3, 0.4) is 0 Å². The fourth-order valence-electron chi connectivity index (χ4n) is 2.53. The predicted molar refractivity (Wildman–Crippen MR) is 110 cm³/mol. The van der Waals surface area contributed by atoms with Gasteiger partial charge in [0, 0.05) is 31.4 Å². The van der Waals surface area contributed by atoms with Gasteiger partial charge in [-0.15, -0.1) is 11.3 Å². The van der Waals surface area contributed by atoms with Crippen LogP contribution < -0.4 is 5.32 Å². The van der Waals surface area contributed by atoms with E-state index in [1.165, 1.54) is 25.6 Å². The summed E-state index contributed by atoms with van der Waals surface area (Å²) in [4.78, 5) is 13.4. The van der Waals surface area contributed by atoms with Gasteiger partial charge in [0.25, 0.3) is 0 Å². The number of carbonyl (C=O) groups is 1. The summed E-state index contributed by atoms with van der Waals surface area (Å²) in [5.41, 5.74) is 0.749. The Labute approximate surface area is 161 Å². The van der Waals surface area contributed by atoms with Crippen molar-refractivity contribution in [2.75, 3.05) is 31.9 Å². The second kappa shape index (κ2) is 10.8. The first-order valence-electron chi connectivity index (χ1n) is 9.01. The number of rotatable bonds is 4. The molecule has 1 N–H and O–H groups in total. The van der Waals surface area contributed by atoms with Crippen molar-refractivity contribution in [2.24, 2.45) is 5.92 Å². The quantitative estimate of drug-likeness (QED) is 0.435. The molecule has 7 heteroatoms. The Morgan fingerprint density at radius 1 is 1.31 bits per heavy atom. The Kier molecular flexibility index (Phi) is 9.43. The minimum Gasteiger partial charge on any atom is -0.465 e. The van der Waals surface area contributed by atoms with Crippen LogP contribution in [0.5, 0.6) is 0 Å². The minimum absolute atomic E-state index is 0.172. The highest BCUT2D eigenvalue weighted by molar-refractivity contribution is 7.59. The van der Waals surface area contributed by atoms with Gasteiger partial charge in [-0.25, -0.2) is 4.79 Å². The van der Waals surface area contributed by atoms with Gasteiger partial charge in [-0.05, 0) is 18.9 Å². The molecule has 0 aromatic carbocycles. The molecule has 2 heterocycles. The molecular weight excluding hydrogens is 369 g/mol. The molecule has 5 nitrogen and oxygen atoms in total. The Morgan fingerprint density at radius 2 is 1.92 bits per heavy atom. The molecule has 1 saturated heterocycles. The monoisotopic (exact) mass is 399 g/mol. The average Bonchev–Trinajstić information content (AvgIpc) is 3.06. The SMILES string of the molecule is CC.COC(=O)c1sc(C#CC(C)C)cc1NC1CCP(=O)(OC)CC1. The van der Waals surface area contributed by atoms with Crippen molar-refractivity contribution in [1.82, 2.24) is 0 Å². The maximum absolute atomic E-state index is 12.2. The summed E-state index contributed by atoms with van der Waals surface area (Å²) in [6.45, 7) is 8.05. The third kappa shape index (κ3) is 6.46. The molecule has 0 amide bonds. The van der Waals surface area contributed by atoms with Gasteiger partial charge >= 0.3 is 5.97 Å². The van der Waals surface area contributed by atoms with Gasteiger partial charge in [0.05, 0.1) is 17.7 Å². The summed E-state index contributed by atoms with van der Waals surface area (Å²) in [6, 6.07) is 2.07. The third-order valence-corrected chi connectivity index (χ3v) is 7.49. The third-order valence-electron chi connectivity index (χ3n) is 3.92. The van der Waals surface area contributed by atoms with Crippen LogP contribution >= 0.6 is 18.7 Å². The highest BCUT2D eigenvalue weighted by atomic mass is 32.1. The van der Waals surface area contributed by atoms with Crippen molar-refractivity contribution >= 4 is 30.4 Å². The van der Waals surface area contributed by atoms with Crippen molar-refractivity contribution in [3.05, 3.63) is 15.8 Å². The molecule has 1 aromatic heterocycles. The van der Waals surface area contributed by atoms with Gasteiger partial charge in [0.15, 0.2) is 0 Å². The molecule has 1 aromatic rings. The maximum Gasteiger partial charge on any atom is 0.350 e. The molecule has 1 aliphatic heterocycles. The zero-order valence-electron chi connectivity index (χ0n) is 16.5. The minimum atomic E-state index is -2.44. The van der Waals surface area contributed by atoms with Gasteiger partial charge in [0.1, 0.15) is 4.88 Å². The molecule has 146 valence electrons. The molecule has 1 fully saturated rings.